The van der Waals surface area contributed by atoms with Gasteiger partial charge in [-0.05, 0) is 30.0 Å². The second-order valence-electron chi connectivity index (χ2n) is 5.52. The van der Waals surface area contributed by atoms with Crippen molar-refractivity contribution in [3.8, 4) is 5.75 Å². The van der Waals surface area contributed by atoms with Crippen LogP contribution < -0.4 is 9.88 Å². The molecule has 4 nitrogen and oxygen atoms in total. The third kappa shape index (κ3) is 6.39. The SMILES string of the molecule is CCCC(COc1ccc(C(C)C)cc1)CS(N)(=O)=O. The van der Waals surface area contributed by atoms with Gasteiger partial charge in [0.2, 0.25) is 10.0 Å². The Morgan fingerprint density at radius 3 is 2.25 bits per heavy atom. The fourth-order valence-corrected chi connectivity index (χ4v) is 3.03. The molecule has 0 aliphatic rings. The van der Waals surface area contributed by atoms with E-state index in [1.807, 2.05) is 31.2 Å². The molecule has 0 fully saturated rings. The number of sulfonamides is 1. The van der Waals surface area contributed by atoms with Crippen molar-refractivity contribution < 1.29 is 13.2 Å². The second-order valence-corrected chi connectivity index (χ2v) is 7.18. The average Bonchev–Trinajstić information content (AvgIpc) is 2.35. The quantitative estimate of drug-likeness (QED) is 0.802. The molecule has 1 rings (SSSR count). The Balaban J connectivity index is 2.58. The molecule has 0 heterocycles. The average molecular weight is 299 g/mol. The lowest BCUT2D eigenvalue weighted by Crippen LogP contribution is -2.26. The third-order valence-corrected chi connectivity index (χ3v) is 4.13. The number of primary sulfonamides is 1. The van der Waals surface area contributed by atoms with E-state index in [0.717, 1.165) is 18.6 Å². The molecule has 1 atom stereocenters. The monoisotopic (exact) mass is 299 g/mol. The lowest BCUT2D eigenvalue weighted by molar-refractivity contribution is 0.252. The van der Waals surface area contributed by atoms with Gasteiger partial charge in [0.1, 0.15) is 5.75 Å². The van der Waals surface area contributed by atoms with Crippen molar-refractivity contribution in [2.75, 3.05) is 12.4 Å². The van der Waals surface area contributed by atoms with Crippen LogP contribution in [-0.4, -0.2) is 20.8 Å². The number of hydrogen-bond acceptors (Lipinski definition) is 3. The summed E-state index contributed by atoms with van der Waals surface area (Å²) in [5.74, 6) is 1.18. The highest BCUT2D eigenvalue weighted by molar-refractivity contribution is 7.89. The highest BCUT2D eigenvalue weighted by Gasteiger charge is 2.16. The van der Waals surface area contributed by atoms with Gasteiger partial charge in [0.05, 0.1) is 12.4 Å². The molecule has 0 amide bonds. The van der Waals surface area contributed by atoms with E-state index in [1.54, 1.807) is 0 Å². The second kappa shape index (κ2) is 7.64. The van der Waals surface area contributed by atoms with Crippen molar-refractivity contribution in [2.24, 2.45) is 11.1 Å². The molecule has 0 saturated carbocycles. The summed E-state index contributed by atoms with van der Waals surface area (Å²) in [6.07, 6.45) is 1.70. The molecule has 1 aromatic rings. The molecule has 0 aromatic heterocycles. The lowest BCUT2D eigenvalue weighted by atomic mass is 10.0. The Labute approximate surface area is 122 Å². The topological polar surface area (TPSA) is 69.4 Å². The van der Waals surface area contributed by atoms with Gasteiger partial charge in [-0.1, -0.05) is 39.3 Å². The van der Waals surface area contributed by atoms with Gasteiger partial charge in [-0.25, -0.2) is 13.6 Å². The van der Waals surface area contributed by atoms with Gasteiger partial charge in [-0.3, -0.25) is 0 Å². The summed E-state index contributed by atoms with van der Waals surface area (Å²) in [5.41, 5.74) is 1.26. The number of nitrogens with two attached hydrogens (primary N) is 1. The van der Waals surface area contributed by atoms with Crippen molar-refractivity contribution in [1.82, 2.24) is 0 Å². The van der Waals surface area contributed by atoms with E-state index >= 15 is 0 Å². The van der Waals surface area contributed by atoms with Crippen molar-refractivity contribution in [2.45, 2.75) is 39.5 Å². The largest absolute Gasteiger partial charge is 0.493 e. The van der Waals surface area contributed by atoms with E-state index in [2.05, 4.69) is 13.8 Å². The molecular weight excluding hydrogens is 274 g/mol. The molecule has 20 heavy (non-hydrogen) atoms. The number of ether oxygens (including phenoxy) is 1. The van der Waals surface area contributed by atoms with Crippen LogP contribution in [0.25, 0.3) is 0 Å². The summed E-state index contributed by atoms with van der Waals surface area (Å²) in [4.78, 5) is 0. The van der Waals surface area contributed by atoms with Crippen LogP contribution in [0, 0.1) is 5.92 Å². The predicted octanol–water partition coefficient (Wildman–Crippen LogP) is 2.89. The number of benzene rings is 1. The molecular formula is C15H25NO3S. The van der Waals surface area contributed by atoms with E-state index in [9.17, 15) is 8.42 Å². The van der Waals surface area contributed by atoms with Gasteiger partial charge in [-0.2, -0.15) is 0 Å². The summed E-state index contributed by atoms with van der Waals surface area (Å²) in [6, 6.07) is 7.92. The number of hydrogen-bond donors (Lipinski definition) is 1. The summed E-state index contributed by atoms with van der Waals surface area (Å²) in [7, 11) is -3.45. The Hall–Kier alpha value is -1.07. The zero-order valence-corrected chi connectivity index (χ0v) is 13.3. The molecule has 0 radical (unpaired) electrons. The fraction of sp³-hybridized carbons (Fsp3) is 0.600. The van der Waals surface area contributed by atoms with Crippen LogP contribution in [-0.2, 0) is 10.0 Å². The van der Waals surface area contributed by atoms with Gasteiger partial charge in [0.25, 0.3) is 0 Å². The van der Waals surface area contributed by atoms with Gasteiger partial charge >= 0.3 is 0 Å². The zero-order chi connectivity index (χ0) is 15.2. The summed E-state index contributed by atoms with van der Waals surface area (Å²) in [6.45, 7) is 6.68. The van der Waals surface area contributed by atoms with Gasteiger partial charge in [0, 0.05) is 5.92 Å². The number of rotatable bonds is 8. The smallest absolute Gasteiger partial charge is 0.209 e. The Morgan fingerprint density at radius 2 is 1.80 bits per heavy atom. The van der Waals surface area contributed by atoms with Crippen molar-refractivity contribution >= 4 is 10.0 Å². The van der Waals surface area contributed by atoms with Crippen molar-refractivity contribution in [1.29, 1.82) is 0 Å². The molecule has 0 saturated heterocycles. The normalized spacial score (nSPS) is 13.4. The van der Waals surface area contributed by atoms with Crippen molar-refractivity contribution in [3.05, 3.63) is 29.8 Å². The molecule has 5 heteroatoms. The minimum Gasteiger partial charge on any atom is -0.493 e. The molecule has 1 aromatic carbocycles. The molecule has 114 valence electrons. The first-order valence-corrected chi connectivity index (χ1v) is 8.76. The van der Waals surface area contributed by atoms with Crippen LogP contribution in [0.1, 0.15) is 45.1 Å². The fourth-order valence-electron chi connectivity index (χ4n) is 2.11. The lowest BCUT2D eigenvalue weighted by Gasteiger charge is -2.16. The predicted molar refractivity (Wildman–Crippen MR) is 82.4 cm³/mol. The van der Waals surface area contributed by atoms with E-state index in [-0.39, 0.29) is 11.7 Å². The first-order valence-electron chi connectivity index (χ1n) is 7.05. The summed E-state index contributed by atoms with van der Waals surface area (Å²) in [5, 5.41) is 5.11. The van der Waals surface area contributed by atoms with E-state index in [0.29, 0.717) is 12.5 Å². The first kappa shape index (κ1) is 17.0. The molecule has 1 unspecified atom stereocenters. The Bertz CT molecular complexity index is 494. The first-order chi connectivity index (χ1) is 9.31. The molecule has 0 aliphatic heterocycles. The van der Waals surface area contributed by atoms with Crippen molar-refractivity contribution in [3.63, 3.8) is 0 Å². The third-order valence-electron chi connectivity index (χ3n) is 3.20. The summed E-state index contributed by atoms with van der Waals surface area (Å²) >= 11 is 0. The maximum absolute atomic E-state index is 11.2. The minimum atomic E-state index is -3.45. The molecule has 0 spiro atoms. The van der Waals surface area contributed by atoms with E-state index in [1.165, 1.54) is 5.56 Å². The van der Waals surface area contributed by atoms with Crippen LogP contribution in [0.2, 0.25) is 0 Å². The van der Waals surface area contributed by atoms with Crippen LogP contribution >= 0.6 is 0 Å². The zero-order valence-electron chi connectivity index (χ0n) is 12.5. The van der Waals surface area contributed by atoms with Crippen LogP contribution in [0.4, 0.5) is 0 Å². The van der Waals surface area contributed by atoms with E-state index < -0.39 is 10.0 Å². The maximum atomic E-state index is 11.2. The Morgan fingerprint density at radius 1 is 1.20 bits per heavy atom. The maximum Gasteiger partial charge on any atom is 0.209 e. The van der Waals surface area contributed by atoms with Gasteiger partial charge < -0.3 is 4.74 Å². The van der Waals surface area contributed by atoms with E-state index in [4.69, 9.17) is 9.88 Å². The minimum absolute atomic E-state index is 0.0229. The van der Waals surface area contributed by atoms with Crippen LogP contribution in [0.15, 0.2) is 24.3 Å². The standard InChI is InChI=1S/C15H25NO3S/c1-4-5-13(11-20(16,17)18)10-19-15-8-6-14(7-9-15)12(2)3/h6-9,12-13H,4-5,10-11H2,1-3H3,(H2,16,17,18). The van der Waals surface area contributed by atoms with Gasteiger partial charge in [-0.15, -0.1) is 0 Å². The highest BCUT2D eigenvalue weighted by atomic mass is 32.2. The van der Waals surface area contributed by atoms with Crippen LogP contribution in [0.5, 0.6) is 5.75 Å². The highest BCUT2D eigenvalue weighted by Crippen LogP contribution is 2.19. The molecule has 0 aliphatic carbocycles. The molecule has 2 N–H and O–H groups in total. The van der Waals surface area contributed by atoms with Gasteiger partial charge in [0.15, 0.2) is 0 Å². The molecule has 0 bridgehead atoms. The Kier molecular flexibility index (Phi) is 6.49. The van der Waals surface area contributed by atoms with Crippen LogP contribution in [0.3, 0.4) is 0 Å². The summed E-state index contributed by atoms with van der Waals surface area (Å²) < 4.78 is 28.0.